The van der Waals surface area contributed by atoms with Gasteiger partial charge in [-0.2, -0.15) is 0 Å². The van der Waals surface area contributed by atoms with E-state index in [1.54, 1.807) is 16.8 Å². The van der Waals surface area contributed by atoms with Gasteiger partial charge in [-0.15, -0.1) is 21.5 Å². The molecule has 0 saturated heterocycles. The number of rotatable bonds is 1. The van der Waals surface area contributed by atoms with Crippen LogP contribution in [0.4, 0.5) is 0 Å². The van der Waals surface area contributed by atoms with Gasteiger partial charge in [0.1, 0.15) is 0 Å². The van der Waals surface area contributed by atoms with Crippen molar-refractivity contribution in [2.24, 2.45) is 0 Å². The van der Waals surface area contributed by atoms with Crippen LogP contribution in [-0.2, 0) is 0 Å². The number of fused-ring (bicyclic) bond motifs is 1. The minimum atomic E-state index is 0.337. The van der Waals surface area contributed by atoms with Gasteiger partial charge in [-0.05, 0) is 12.1 Å². The predicted molar refractivity (Wildman–Crippen MR) is 64.1 cm³/mol. The Kier molecular flexibility index (Phi) is 2.31. The van der Waals surface area contributed by atoms with Gasteiger partial charge in [0.2, 0.25) is 0 Å². The molecule has 0 aliphatic rings. The maximum absolute atomic E-state index is 5.91. The molecule has 16 heavy (non-hydrogen) atoms. The first-order valence-electron chi connectivity index (χ1n) is 4.36. The molecule has 0 spiro atoms. The molecule has 3 rings (SSSR count). The quantitative estimate of drug-likeness (QED) is 0.682. The lowest BCUT2D eigenvalue weighted by Gasteiger charge is -1.96. The van der Waals surface area contributed by atoms with Gasteiger partial charge < -0.3 is 0 Å². The minimum Gasteiger partial charge on any atom is -0.278 e. The second-order valence-corrected chi connectivity index (χ2v) is 5.11. The van der Waals surface area contributed by atoms with Crippen LogP contribution in [-0.4, -0.2) is 19.6 Å². The molecule has 0 bridgehead atoms. The largest absolute Gasteiger partial charge is 0.278 e. The summed E-state index contributed by atoms with van der Waals surface area (Å²) in [5, 5.41) is 8.40. The maximum atomic E-state index is 5.91. The van der Waals surface area contributed by atoms with Crippen LogP contribution in [0.2, 0.25) is 9.49 Å². The molecule has 3 aromatic rings. The molecule has 0 aliphatic carbocycles. The zero-order chi connectivity index (χ0) is 11.1. The highest BCUT2D eigenvalue weighted by atomic mass is 35.5. The molecule has 0 N–H and O–H groups in total. The molecule has 7 heteroatoms. The molecule has 0 aliphatic heterocycles. The molecule has 0 radical (unpaired) electrons. The smallest absolute Gasteiger partial charge is 0.198 e. The third-order valence-electron chi connectivity index (χ3n) is 2.08. The summed E-state index contributed by atoms with van der Waals surface area (Å²) in [4.78, 5) is 4.88. The lowest BCUT2D eigenvalue weighted by Crippen LogP contribution is -1.89. The molecular weight excluding hydrogens is 267 g/mol. The van der Waals surface area contributed by atoms with Gasteiger partial charge >= 0.3 is 0 Å². The molecule has 0 fully saturated rings. The lowest BCUT2D eigenvalue weighted by atomic mass is 10.4. The Bertz CT molecular complexity index is 660. The van der Waals surface area contributed by atoms with Crippen molar-refractivity contribution >= 4 is 40.2 Å². The molecule has 0 unspecified atom stereocenters. The van der Waals surface area contributed by atoms with Crippen molar-refractivity contribution < 1.29 is 0 Å². The first kappa shape index (κ1) is 10.0. The van der Waals surface area contributed by atoms with E-state index in [4.69, 9.17) is 23.2 Å². The zero-order valence-corrected chi connectivity index (χ0v) is 10.1. The first-order valence-corrected chi connectivity index (χ1v) is 5.94. The van der Waals surface area contributed by atoms with Crippen LogP contribution in [0.5, 0.6) is 0 Å². The van der Waals surface area contributed by atoms with Crippen LogP contribution >= 0.6 is 34.5 Å². The van der Waals surface area contributed by atoms with Crippen molar-refractivity contribution in [3.63, 3.8) is 0 Å². The Morgan fingerprint density at radius 3 is 2.81 bits per heavy atom. The molecular formula is C9H4Cl2N4S. The topological polar surface area (TPSA) is 43.1 Å². The summed E-state index contributed by atoms with van der Waals surface area (Å²) in [5.41, 5.74) is 0.545. The number of hydrogen-bond donors (Lipinski definition) is 0. The monoisotopic (exact) mass is 270 g/mol. The first-order chi connectivity index (χ1) is 7.75. The highest BCUT2D eigenvalue weighted by molar-refractivity contribution is 7.19. The van der Waals surface area contributed by atoms with Gasteiger partial charge in [0.25, 0.3) is 0 Å². The number of aromatic nitrogens is 4. The second kappa shape index (κ2) is 3.69. The molecule has 3 heterocycles. The Morgan fingerprint density at radius 1 is 1.19 bits per heavy atom. The fourth-order valence-corrected chi connectivity index (χ4v) is 2.61. The van der Waals surface area contributed by atoms with E-state index < -0.39 is 0 Å². The Hall–Kier alpha value is -1.17. The summed E-state index contributed by atoms with van der Waals surface area (Å²) >= 11 is 13.2. The number of halogens is 2. The molecule has 0 aromatic carbocycles. The Morgan fingerprint density at radius 2 is 2.06 bits per heavy atom. The van der Waals surface area contributed by atoms with Gasteiger partial charge in [-0.3, -0.25) is 4.40 Å². The van der Waals surface area contributed by atoms with Crippen molar-refractivity contribution in [1.82, 2.24) is 19.6 Å². The Balaban J connectivity index is 2.29. The van der Waals surface area contributed by atoms with Crippen molar-refractivity contribution in [3.05, 3.63) is 34.0 Å². The van der Waals surface area contributed by atoms with Gasteiger partial charge in [0.15, 0.2) is 16.6 Å². The van der Waals surface area contributed by atoms with E-state index >= 15 is 0 Å². The van der Waals surface area contributed by atoms with Crippen LogP contribution in [0.25, 0.3) is 16.3 Å². The SMILES string of the molecule is Clc1ccc(-c2nnc3c(Cl)nccn23)s1. The van der Waals surface area contributed by atoms with Gasteiger partial charge in [-0.1, -0.05) is 23.2 Å². The summed E-state index contributed by atoms with van der Waals surface area (Å²) in [7, 11) is 0. The predicted octanol–water partition coefficient (Wildman–Crippen LogP) is 3.16. The lowest BCUT2D eigenvalue weighted by molar-refractivity contribution is 1.12. The fourth-order valence-electron chi connectivity index (χ4n) is 1.40. The summed E-state index contributed by atoms with van der Waals surface area (Å²) in [5.74, 6) is 0.719. The van der Waals surface area contributed by atoms with E-state index in [1.165, 1.54) is 11.3 Å². The van der Waals surface area contributed by atoms with Crippen molar-refractivity contribution in [1.29, 1.82) is 0 Å². The molecule has 0 atom stereocenters. The normalized spacial score (nSPS) is 11.1. The summed E-state index contributed by atoms with van der Waals surface area (Å²) in [6, 6.07) is 3.73. The van der Waals surface area contributed by atoms with Crippen LogP contribution in [0.3, 0.4) is 0 Å². The van der Waals surface area contributed by atoms with Gasteiger partial charge in [0, 0.05) is 12.4 Å². The standard InChI is InChI=1S/C9H4Cl2N4S/c10-6-2-1-5(16-6)8-13-14-9-7(11)12-3-4-15(8)9/h1-4H. The number of thiophene rings is 1. The van der Waals surface area contributed by atoms with Crippen LogP contribution in [0.15, 0.2) is 24.5 Å². The van der Waals surface area contributed by atoms with E-state index in [2.05, 4.69) is 15.2 Å². The van der Waals surface area contributed by atoms with Crippen molar-refractivity contribution in [2.75, 3.05) is 0 Å². The molecule has 3 aromatic heterocycles. The minimum absolute atomic E-state index is 0.337. The number of hydrogen-bond acceptors (Lipinski definition) is 4. The van der Waals surface area contributed by atoms with E-state index in [1.807, 2.05) is 12.1 Å². The third-order valence-corrected chi connectivity index (χ3v) is 3.57. The third kappa shape index (κ3) is 1.48. The van der Waals surface area contributed by atoms with Gasteiger partial charge in [0.05, 0.1) is 9.21 Å². The summed E-state index contributed by atoms with van der Waals surface area (Å²) in [6.07, 6.45) is 3.38. The average Bonchev–Trinajstić information content (AvgIpc) is 2.84. The highest BCUT2D eigenvalue weighted by Gasteiger charge is 2.12. The van der Waals surface area contributed by atoms with Crippen molar-refractivity contribution in [2.45, 2.75) is 0 Å². The fraction of sp³-hybridized carbons (Fsp3) is 0. The molecule has 4 nitrogen and oxygen atoms in total. The van der Waals surface area contributed by atoms with Crippen LogP contribution in [0, 0.1) is 0 Å². The van der Waals surface area contributed by atoms with Crippen molar-refractivity contribution in [3.8, 4) is 10.7 Å². The average molecular weight is 271 g/mol. The number of nitrogens with zero attached hydrogens (tertiary/aromatic N) is 4. The van der Waals surface area contributed by atoms with Crippen LogP contribution in [0.1, 0.15) is 0 Å². The highest BCUT2D eigenvalue weighted by Crippen LogP contribution is 2.30. The molecule has 0 amide bonds. The Labute approximate surface area is 104 Å². The van der Waals surface area contributed by atoms with E-state index in [0.29, 0.717) is 15.1 Å². The van der Waals surface area contributed by atoms with E-state index in [0.717, 1.165) is 10.7 Å². The van der Waals surface area contributed by atoms with E-state index in [-0.39, 0.29) is 0 Å². The molecule has 80 valence electrons. The van der Waals surface area contributed by atoms with E-state index in [9.17, 15) is 0 Å². The zero-order valence-electron chi connectivity index (χ0n) is 7.76. The summed E-state index contributed by atoms with van der Waals surface area (Å²) in [6.45, 7) is 0. The van der Waals surface area contributed by atoms with Gasteiger partial charge in [-0.25, -0.2) is 4.98 Å². The van der Waals surface area contributed by atoms with Crippen LogP contribution < -0.4 is 0 Å². The second-order valence-electron chi connectivity index (χ2n) is 3.04. The maximum Gasteiger partial charge on any atom is 0.198 e. The molecule has 0 saturated carbocycles. The summed E-state index contributed by atoms with van der Waals surface area (Å²) < 4.78 is 2.50.